The topological polar surface area (TPSA) is 124 Å². The van der Waals surface area contributed by atoms with Gasteiger partial charge in [0.25, 0.3) is 5.91 Å². The van der Waals surface area contributed by atoms with E-state index in [-0.39, 0.29) is 18.5 Å². The molecule has 246 valence electrons. The molecule has 1 aromatic carbocycles. The van der Waals surface area contributed by atoms with Gasteiger partial charge in [-0.05, 0) is 89.6 Å². The molecule has 0 radical (unpaired) electrons. The van der Waals surface area contributed by atoms with Crippen molar-refractivity contribution in [3.63, 3.8) is 0 Å². The molecule has 44 heavy (non-hydrogen) atoms. The summed E-state index contributed by atoms with van der Waals surface area (Å²) in [6, 6.07) is 5.13. The highest BCUT2D eigenvalue weighted by molar-refractivity contribution is 7.89. The van der Waals surface area contributed by atoms with Gasteiger partial charge in [-0.3, -0.25) is 9.69 Å². The van der Waals surface area contributed by atoms with Crippen molar-refractivity contribution in [2.75, 3.05) is 60.5 Å². The van der Waals surface area contributed by atoms with E-state index in [9.17, 15) is 26.4 Å². The number of ether oxygens (including phenoxy) is 1. The van der Waals surface area contributed by atoms with Gasteiger partial charge in [0.05, 0.1) is 24.1 Å². The third-order valence-electron chi connectivity index (χ3n) is 7.38. The lowest BCUT2D eigenvalue weighted by Gasteiger charge is -2.34. The molecule has 0 atom stereocenters. The fraction of sp³-hybridized carbons (Fsp3) is 0.586. The Bertz CT molecular complexity index is 1380. The van der Waals surface area contributed by atoms with Crippen LogP contribution in [0.1, 0.15) is 46.5 Å². The number of carbonyl (C=O) groups is 2. The number of hydrogen-bond donors (Lipinski definition) is 1. The van der Waals surface area contributed by atoms with E-state index in [1.807, 2.05) is 4.90 Å². The van der Waals surface area contributed by atoms with E-state index in [1.165, 1.54) is 10.6 Å². The number of amides is 1. The summed E-state index contributed by atoms with van der Waals surface area (Å²) >= 11 is 0. The molecule has 0 unspecified atom stereocenters. The van der Waals surface area contributed by atoms with Crippen LogP contribution in [0.2, 0.25) is 0 Å². The van der Waals surface area contributed by atoms with Gasteiger partial charge >= 0.3 is 12.1 Å². The Hall–Kier alpha value is -3.14. The van der Waals surface area contributed by atoms with Gasteiger partial charge in [0.15, 0.2) is 0 Å². The molecule has 0 spiro atoms. The number of piperazine rings is 1. The second-order valence-electron chi connectivity index (χ2n) is 11.3. The Kier molecular flexibility index (Phi) is 11.9. The number of carboxylic acid groups (broad SMARTS) is 1. The lowest BCUT2D eigenvalue weighted by atomic mass is 10.1. The number of carbonyl (C=O) groups excluding carboxylic acids is 1. The number of alkyl halides is 3. The molecule has 1 saturated carbocycles. The third-order valence-corrected chi connectivity index (χ3v) is 9.59. The zero-order valence-electron chi connectivity index (χ0n) is 25.7. The first-order chi connectivity index (χ1) is 20.5. The quantitative estimate of drug-likeness (QED) is 0.390. The molecular weight excluding hydrogens is 605 g/mol. The molecular formula is C29H41F3N4O7S. The van der Waals surface area contributed by atoms with E-state index in [1.54, 1.807) is 39.2 Å². The monoisotopic (exact) mass is 646 g/mol. The van der Waals surface area contributed by atoms with Gasteiger partial charge < -0.3 is 24.1 Å². The molecule has 1 amide bonds. The maximum absolute atomic E-state index is 13.8. The van der Waals surface area contributed by atoms with Crippen LogP contribution in [0.15, 0.2) is 33.8 Å². The van der Waals surface area contributed by atoms with Crippen LogP contribution in [0.3, 0.4) is 0 Å². The number of furan rings is 1. The molecule has 1 aliphatic heterocycles. The van der Waals surface area contributed by atoms with Crippen molar-refractivity contribution >= 4 is 21.9 Å². The normalized spacial score (nSPS) is 16.2. The number of aliphatic carboxylic acids is 1. The smallest absolute Gasteiger partial charge is 0.490 e. The standard InChI is InChI=1S/C27H40N4O5S.C2HF3O2/c1-20-15-24(35-5)16-21(2)26(20)37(33,34)31(23-7-8-23)18-25-17-22(19-36-25)27(32)30-13-11-29(12-14-30)10-6-9-28(3)4;3-2(4,5)1(6)7/h15-17,19,23H,6-14,18H2,1-5H3;(H,6,7). The van der Waals surface area contributed by atoms with E-state index in [0.717, 1.165) is 45.4 Å². The Morgan fingerprint density at radius 1 is 1.07 bits per heavy atom. The first kappa shape index (κ1) is 35.3. The van der Waals surface area contributed by atoms with Crippen LogP contribution in [0.25, 0.3) is 0 Å². The van der Waals surface area contributed by atoms with Gasteiger partial charge in [-0.15, -0.1) is 0 Å². The molecule has 2 fully saturated rings. The molecule has 1 N–H and O–H groups in total. The Balaban J connectivity index is 0.000000676. The van der Waals surface area contributed by atoms with Crippen LogP contribution in [0.5, 0.6) is 5.75 Å². The summed E-state index contributed by atoms with van der Waals surface area (Å²) in [4.78, 5) is 28.8. The highest BCUT2D eigenvalue weighted by Crippen LogP contribution is 2.36. The minimum Gasteiger partial charge on any atom is -0.497 e. The molecule has 4 rings (SSSR count). The maximum atomic E-state index is 13.8. The van der Waals surface area contributed by atoms with E-state index < -0.39 is 22.2 Å². The number of aryl methyl sites for hydroxylation is 2. The van der Waals surface area contributed by atoms with Gasteiger partial charge in [0.1, 0.15) is 17.8 Å². The van der Waals surface area contributed by atoms with Crippen molar-refractivity contribution < 1.29 is 45.4 Å². The number of sulfonamides is 1. The van der Waals surface area contributed by atoms with E-state index in [2.05, 4.69) is 23.9 Å². The van der Waals surface area contributed by atoms with Gasteiger partial charge in [0.2, 0.25) is 10.0 Å². The summed E-state index contributed by atoms with van der Waals surface area (Å²) < 4.78 is 71.8. The van der Waals surface area contributed by atoms with E-state index >= 15 is 0 Å². The molecule has 1 aromatic heterocycles. The highest BCUT2D eigenvalue weighted by Gasteiger charge is 2.40. The largest absolute Gasteiger partial charge is 0.497 e. The second-order valence-corrected chi connectivity index (χ2v) is 13.1. The minimum atomic E-state index is -5.08. The highest BCUT2D eigenvalue weighted by atomic mass is 32.2. The number of rotatable bonds is 11. The van der Waals surface area contributed by atoms with E-state index in [4.69, 9.17) is 19.1 Å². The van der Waals surface area contributed by atoms with Crippen LogP contribution in [-0.4, -0.2) is 117 Å². The first-order valence-corrected chi connectivity index (χ1v) is 15.7. The summed E-state index contributed by atoms with van der Waals surface area (Å²) in [6.45, 7) is 8.86. The molecule has 1 saturated heterocycles. The lowest BCUT2D eigenvalue weighted by Crippen LogP contribution is -2.49. The average Bonchev–Trinajstić information content (AvgIpc) is 3.67. The molecule has 11 nitrogen and oxygen atoms in total. The SMILES string of the molecule is COc1cc(C)c(S(=O)(=O)N(Cc2cc(C(=O)N3CCN(CCCN(C)C)CC3)co2)C2CC2)c(C)c1.O=C(O)C(F)(F)F. The predicted molar refractivity (Wildman–Crippen MR) is 156 cm³/mol. The van der Waals surface area contributed by atoms with Crippen LogP contribution in [0.4, 0.5) is 13.2 Å². The fourth-order valence-electron chi connectivity index (χ4n) is 5.02. The number of halogens is 3. The van der Waals surface area contributed by atoms with Crippen molar-refractivity contribution in [1.82, 2.24) is 19.0 Å². The van der Waals surface area contributed by atoms with Crippen LogP contribution >= 0.6 is 0 Å². The van der Waals surface area contributed by atoms with Crippen molar-refractivity contribution in [2.24, 2.45) is 0 Å². The number of methoxy groups -OCH3 is 1. The summed E-state index contributed by atoms with van der Waals surface area (Å²) in [5, 5.41) is 7.12. The summed E-state index contributed by atoms with van der Waals surface area (Å²) in [5.41, 5.74) is 1.78. The zero-order chi connectivity index (χ0) is 32.8. The van der Waals surface area contributed by atoms with Gasteiger partial charge in [-0.2, -0.15) is 17.5 Å². The van der Waals surface area contributed by atoms with Crippen molar-refractivity contribution in [2.45, 2.75) is 56.8 Å². The maximum Gasteiger partial charge on any atom is 0.490 e. The predicted octanol–water partition coefficient (Wildman–Crippen LogP) is 3.60. The third kappa shape index (κ3) is 9.43. The number of hydrogen-bond acceptors (Lipinski definition) is 8. The second kappa shape index (κ2) is 14.8. The number of nitrogens with zero attached hydrogens (tertiary/aromatic N) is 4. The van der Waals surface area contributed by atoms with Gasteiger partial charge in [-0.1, -0.05) is 0 Å². The van der Waals surface area contributed by atoms with Crippen LogP contribution in [-0.2, 0) is 21.4 Å². The van der Waals surface area contributed by atoms with Crippen molar-refractivity contribution in [3.8, 4) is 5.75 Å². The molecule has 2 aliphatic rings. The molecule has 15 heteroatoms. The molecule has 0 bridgehead atoms. The fourth-order valence-corrected chi connectivity index (χ4v) is 7.09. The molecule has 2 aromatic rings. The average molecular weight is 647 g/mol. The van der Waals surface area contributed by atoms with Gasteiger partial charge in [-0.25, -0.2) is 13.2 Å². The molecule has 1 aliphatic carbocycles. The zero-order valence-corrected chi connectivity index (χ0v) is 26.5. The minimum absolute atomic E-state index is 0.0595. The summed E-state index contributed by atoms with van der Waals surface area (Å²) in [5.74, 6) is -1.71. The first-order valence-electron chi connectivity index (χ1n) is 14.3. The van der Waals surface area contributed by atoms with E-state index in [0.29, 0.717) is 46.2 Å². The van der Waals surface area contributed by atoms with Crippen LogP contribution < -0.4 is 4.74 Å². The Morgan fingerprint density at radius 2 is 1.64 bits per heavy atom. The lowest BCUT2D eigenvalue weighted by molar-refractivity contribution is -0.192. The summed E-state index contributed by atoms with van der Waals surface area (Å²) in [6.07, 6.45) is -0.873. The number of carboxylic acids is 1. The number of benzene rings is 1. The Labute approximate surface area is 256 Å². The summed E-state index contributed by atoms with van der Waals surface area (Å²) in [7, 11) is 1.97. The van der Waals surface area contributed by atoms with Gasteiger partial charge in [0, 0.05) is 32.2 Å². The van der Waals surface area contributed by atoms with Crippen molar-refractivity contribution in [3.05, 3.63) is 46.9 Å². The van der Waals surface area contributed by atoms with Crippen LogP contribution in [0, 0.1) is 13.8 Å². The van der Waals surface area contributed by atoms with Crippen molar-refractivity contribution in [1.29, 1.82) is 0 Å². The Morgan fingerprint density at radius 3 is 2.11 bits per heavy atom. The molecule has 2 heterocycles.